The Hall–Kier alpha value is -2.95. The lowest BCUT2D eigenvalue weighted by atomic mass is 9.94. The molecule has 0 fully saturated rings. The number of hydrogen-bond donors (Lipinski definition) is 1. The first-order chi connectivity index (χ1) is 12.4. The molecule has 1 amide bonds. The Kier molecular flexibility index (Phi) is 4.89. The fraction of sp³-hybridized carbons (Fsp3) is 0.286. The van der Waals surface area contributed by atoms with Gasteiger partial charge in [0, 0.05) is 18.3 Å². The van der Waals surface area contributed by atoms with E-state index in [1.54, 1.807) is 18.3 Å². The predicted molar refractivity (Wildman–Crippen MR) is 99.8 cm³/mol. The molecule has 1 aliphatic rings. The zero-order valence-corrected chi connectivity index (χ0v) is 15.1. The molecular weight excluding hydrogens is 328 g/mol. The van der Waals surface area contributed by atoms with Crippen LogP contribution >= 0.6 is 0 Å². The topological polar surface area (TPSA) is 70.5 Å². The first-order valence-electron chi connectivity index (χ1n) is 8.68. The smallest absolute Gasteiger partial charge is 0.294 e. The Balaban J connectivity index is 2.16. The molecule has 0 saturated carbocycles. The number of rotatable bonds is 5. The molecule has 5 nitrogen and oxygen atoms in total. The number of pyridine rings is 1. The molecular formula is C21H22N2O3. The van der Waals surface area contributed by atoms with Crippen molar-refractivity contribution in [2.45, 2.75) is 33.2 Å². The lowest BCUT2D eigenvalue weighted by Crippen LogP contribution is -2.32. The minimum absolute atomic E-state index is 0.120. The van der Waals surface area contributed by atoms with E-state index in [9.17, 15) is 14.7 Å². The number of ketones is 1. The molecule has 0 spiro atoms. The van der Waals surface area contributed by atoms with Crippen molar-refractivity contribution >= 4 is 17.4 Å². The number of aliphatic hydroxyl groups is 1. The van der Waals surface area contributed by atoms with Crippen LogP contribution in [0.25, 0.3) is 0 Å². The SMILES string of the molecule is Cc1ccccc1N1C(=O)C(O)=C(C(=O)CC(C)C)C1c1ccccn1. The summed E-state index contributed by atoms with van der Waals surface area (Å²) in [6.45, 7) is 5.76. The van der Waals surface area contributed by atoms with E-state index in [1.165, 1.54) is 4.90 Å². The molecule has 2 heterocycles. The van der Waals surface area contributed by atoms with Crippen molar-refractivity contribution in [2.24, 2.45) is 5.92 Å². The quantitative estimate of drug-likeness (QED) is 0.888. The van der Waals surface area contributed by atoms with Crippen molar-refractivity contribution in [3.63, 3.8) is 0 Å². The third-order valence-corrected chi connectivity index (χ3v) is 4.45. The van der Waals surface area contributed by atoms with Crippen LogP contribution in [-0.2, 0) is 9.59 Å². The number of anilines is 1. The summed E-state index contributed by atoms with van der Waals surface area (Å²) in [6, 6.07) is 12.0. The highest BCUT2D eigenvalue weighted by Crippen LogP contribution is 2.41. The average Bonchev–Trinajstić information content (AvgIpc) is 2.87. The van der Waals surface area contributed by atoms with Crippen LogP contribution in [0.5, 0.6) is 0 Å². The predicted octanol–water partition coefficient (Wildman–Crippen LogP) is 3.91. The minimum Gasteiger partial charge on any atom is -0.503 e. The van der Waals surface area contributed by atoms with E-state index in [2.05, 4.69) is 4.98 Å². The van der Waals surface area contributed by atoms with Gasteiger partial charge in [-0.2, -0.15) is 0 Å². The van der Waals surface area contributed by atoms with Crippen molar-refractivity contribution in [3.05, 3.63) is 71.3 Å². The van der Waals surface area contributed by atoms with Crippen LogP contribution in [0.1, 0.15) is 37.6 Å². The van der Waals surface area contributed by atoms with E-state index in [1.807, 2.05) is 51.1 Å². The average molecular weight is 350 g/mol. The lowest BCUT2D eigenvalue weighted by Gasteiger charge is -2.27. The monoisotopic (exact) mass is 350 g/mol. The summed E-state index contributed by atoms with van der Waals surface area (Å²) in [7, 11) is 0. The highest BCUT2D eigenvalue weighted by molar-refractivity contribution is 6.16. The van der Waals surface area contributed by atoms with Crippen LogP contribution in [0.15, 0.2) is 60.0 Å². The van der Waals surface area contributed by atoms with E-state index < -0.39 is 17.7 Å². The van der Waals surface area contributed by atoms with Gasteiger partial charge >= 0.3 is 0 Å². The molecule has 1 atom stereocenters. The van der Waals surface area contributed by atoms with Crippen molar-refractivity contribution in [3.8, 4) is 0 Å². The van der Waals surface area contributed by atoms with Gasteiger partial charge < -0.3 is 5.11 Å². The van der Waals surface area contributed by atoms with Gasteiger partial charge in [-0.05, 0) is 36.6 Å². The Bertz CT molecular complexity index is 872. The first kappa shape index (κ1) is 17.9. The zero-order valence-electron chi connectivity index (χ0n) is 15.1. The van der Waals surface area contributed by atoms with Gasteiger partial charge in [0.2, 0.25) is 0 Å². The lowest BCUT2D eigenvalue weighted by molar-refractivity contribution is -0.118. The van der Waals surface area contributed by atoms with Gasteiger partial charge in [-0.25, -0.2) is 0 Å². The Morgan fingerprint density at radius 3 is 2.50 bits per heavy atom. The van der Waals surface area contributed by atoms with E-state index in [0.717, 1.165) is 5.56 Å². The van der Waals surface area contributed by atoms with Crippen LogP contribution < -0.4 is 4.90 Å². The van der Waals surface area contributed by atoms with Crippen molar-refractivity contribution in [2.75, 3.05) is 4.90 Å². The normalized spacial score (nSPS) is 17.3. The largest absolute Gasteiger partial charge is 0.503 e. The highest BCUT2D eigenvalue weighted by Gasteiger charge is 2.45. The third-order valence-electron chi connectivity index (χ3n) is 4.45. The number of carbonyl (C=O) groups is 2. The second-order valence-electron chi connectivity index (χ2n) is 6.90. The number of aliphatic hydroxyl groups excluding tert-OH is 1. The van der Waals surface area contributed by atoms with Crippen molar-refractivity contribution in [1.82, 2.24) is 4.98 Å². The summed E-state index contributed by atoms with van der Waals surface area (Å²) in [6.07, 6.45) is 1.88. The fourth-order valence-corrected chi connectivity index (χ4v) is 3.27. The number of hydrogen-bond acceptors (Lipinski definition) is 4. The fourth-order valence-electron chi connectivity index (χ4n) is 3.27. The molecule has 3 rings (SSSR count). The molecule has 1 aromatic heterocycles. The van der Waals surface area contributed by atoms with Crippen molar-refractivity contribution < 1.29 is 14.7 Å². The second kappa shape index (κ2) is 7.12. The number of benzene rings is 1. The Morgan fingerprint density at radius 1 is 1.19 bits per heavy atom. The van der Waals surface area contributed by atoms with Gasteiger partial charge in [-0.3, -0.25) is 19.5 Å². The number of para-hydroxylation sites is 1. The minimum atomic E-state index is -0.726. The maximum absolute atomic E-state index is 12.9. The number of amides is 1. The van der Waals surface area contributed by atoms with E-state index in [-0.39, 0.29) is 23.7 Å². The molecule has 0 bridgehead atoms. The Morgan fingerprint density at radius 2 is 1.88 bits per heavy atom. The molecule has 5 heteroatoms. The highest BCUT2D eigenvalue weighted by atomic mass is 16.3. The van der Waals surface area contributed by atoms with Gasteiger partial charge in [-0.15, -0.1) is 0 Å². The first-order valence-corrected chi connectivity index (χ1v) is 8.68. The molecule has 134 valence electrons. The molecule has 1 unspecified atom stereocenters. The van der Waals surface area contributed by atoms with Crippen LogP contribution in [0, 0.1) is 12.8 Å². The van der Waals surface area contributed by atoms with Crippen LogP contribution in [-0.4, -0.2) is 21.8 Å². The second-order valence-corrected chi connectivity index (χ2v) is 6.90. The number of aryl methyl sites for hydroxylation is 1. The molecule has 0 radical (unpaired) electrons. The standard InChI is InChI=1S/C21H22N2O3/c1-13(2)12-17(24)18-19(15-9-6-7-11-22-15)23(21(26)20(18)25)16-10-5-4-8-14(16)3/h4-11,13,19,25H,12H2,1-3H3. The maximum Gasteiger partial charge on any atom is 0.294 e. The van der Waals surface area contributed by atoms with Gasteiger partial charge in [0.1, 0.15) is 6.04 Å². The van der Waals surface area contributed by atoms with Crippen molar-refractivity contribution in [1.29, 1.82) is 0 Å². The molecule has 1 N–H and O–H groups in total. The molecule has 0 saturated heterocycles. The number of nitrogens with zero attached hydrogens (tertiary/aromatic N) is 2. The van der Waals surface area contributed by atoms with E-state index in [0.29, 0.717) is 11.4 Å². The molecule has 0 aliphatic carbocycles. The summed E-state index contributed by atoms with van der Waals surface area (Å²) < 4.78 is 0. The van der Waals surface area contributed by atoms with Crippen LogP contribution in [0.4, 0.5) is 5.69 Å². The summed E-state index contributed by atoms with van der Waals surface area (Å²) in [5.74, 6) is -1.15. The van der Waals surface area contributed by atoms with Crippen LogP contribution in [0.3, 0.4) is 0 Å². The molecule has 1 aliphatic heterocycles. The van der Waals surface area contributed by atoms with E-state index in [4.69, 9.17) is 0 Å². The molecule has 1 aromatic carbocycles. The molecule has 2 aromatic rings. The van der Waals surface area contributed by atoms with Gasteiger partial charge in [-0.1, -0.05) is 38.1 Å². The third kappa shape index (κ3) is 3.12. The number of Topliss-reactive ketones (excluding diaryl/α,β-unsaturated/α-hetero) is 1. The van der Waals surface area contributed by atoms with Gasteiger partial charge in [0.15, 0.2) is 11.5 Å². The summed E-state index contributed by atoms with van der Waals surface area (Å²) >= 11 is 0. The summed E-state index contributed by atoms with van der Waals surface area (Å²) in [5.41, 5.74) is 2.23. The zero-order chi connectivity index (χ0) is 18.8. The van der Waals surface area contributed by atoms with E-state index >= 15 is 0 Å². The van der Waals surface area contributed by atoms with Gasteiger partial charge in [0.25, 0.3) is 5.91 Å². The Labute approximate surface area is 153 Å². The molecule has 26 heavy (non-hydrogen) atoms. The van der Waals surface area contributed by atoms with Crippen LogP contribution in [0.2, 0.25) is 0 Å². The number of aromatic nitrogens is 1. The summed E-state index contributed by atoms with van der Waals surface area (Å²) in [4.78, 5) is 31.5. The summed E-state index contributed by atoms with van der Waals surface area (Å²) in [5, 5.41) is 10.5. The van der Waals surface area contributed by atoms with Gasteiger partial charge in [0.05, 0.1) is 11.3 Å². The maximum atomic E-state index is 12.9. The number of carbonyl (C=O) groups excluding carboxylic acids is 2.